The summed E-state index contributed by atoms with van der Waals surface area (Å²) in [7, 11) is 0. The van der Waals surface area contributed by atoms with Gasteiger partial charge in [-0.05, 0) is 36.1 Å². The quantitative estimate of drug-likeness (QED) is 0.794. The lowest BCUT2D eigenvalue weighted by molar-refractivity contribution is 0.379. The molecule has 0 spiro atoms. The topological polar surface area (TPSA) is 12.0 Å². The van der Waals surface area contributed by atoms with Crippen molar-refractivity contribution in [1.29, 1.82) is 0 Å². The molecule has 0 aliphatic heterocycles. The van der Waals surface area contributed by atoms with E-state index in [-0.39, 0.29) is 0 Å². The Balaban J connectivity index is 1.82. The molecular formula is C18H29NS. The lowest BCUT2D eigenvalue weighted by Crippen LogP contribution is -2.39. The maximum atomic E-state index is 3.69. The molecular weight excluding hydrogens is 262 g/mol. The van der Waals surface area contributed by atoms with Gasteiger partial charge in [-0.3, -0.25) is 0 Å². The molecule has 0 bridgehead atoms. The monoisotopic (exact) mass is 291 g/mol. The second-order valence-corrected chi connectivity index (χ2v) is 7.72. The van der Waals surface area contributed by atoms with Crippen molar-refractivity contribution in [2.24, 2.45) is 0 Å². The van der Waals surface area contributed by atoms with Crippen LogP contribution in [0, 0.1) is 0 Å². The Morgan fingerprint density at radius 3 is 2.30 bits per heavy atom. The minimum atomic E-state index is 0.496. The van der Waals surface area contributed by atoms with Crippen LogP contribution in [0.2, 0.25) is 0 Å². The van der Waals surface area contributed by atoms with E-state index in [1.165, 1.54) is 43.2 Å². The van der Waals surface area contributed by atoms with Crippen molar-refractivity contribution in [2.45, 2.75) is 63.2 Å². The summed E-state index contributed by atoms with van der Waals surface area (Å²) < 4.78 is 0.496. The first-order chi connectivity index (χ1) is 9.65. The number of rotatable bonds is 6. The first kappa shape index (κ1) is 15.9. The van der Waals surface area contributed by atoms with E-state index in [1.807, 2.05) is 0 Å². The summed E-state index contributed by atoms with van der Waals surface area (Å²) in [5.41, 5.74) is 2.84. The van der Waals surface area contributed by atoms with Gasteiger partial charge in [-0.25, -0.2) is 0 Å². The van der Waals surface area contributed by atoms with E-state index < -0.39 is 0 Å². The van der Waals surface area contributed by atoms with E-state index in [4.69, 9.17) is 0 Å². The van der Waals surface area contributed by atoms with Gasteiger partial charge < -0.3 is 5.32 Å². The maximum absolute atomic E-state index is 3.69. The van der Waals surface area contributed by atoms with E-state index >= 15 is 0 Å². The second kappa shape index (κ2) is 7.51. The van der Waals surface area contributed by atoms with Crippen LogP contribution in [0.15, 0.2) is 24.3 Å². The Bertz CT molecular complexity index is 390. The van der Waals surface area contributed by atoms with Crippen molar-refractivity contribution in [3.05, 3.63) is 35.4 Å². The number of hydrogen-bond acceptors (Lipinski definition) is 2. The number of thioether (sulfide) groups is 1. The fourth-order valence-corrected chi connectivity index (χ4v) is 4.05. The molecule has 2 heteroatoms. The molecule has 112 valence electrons. The largest absolute Gasteiger partial charge is 0.311 e. The first-order valence-electron chi connectivity index (χ1n) is 8.00. The van der Waals surface area contributed by atoms with Gasteiger partial charge in [-0.15, -0.1) is 0 Å². The molecule has 20 heavy (non-hydrogen) atoms. The zero-order valence-electron chi connectivity index (χ0n) is 13.2. The minimum absolute atomic E-state index is 0.496. The molecule has 0 aromatic heterocycles. The van der Waals surface area contributed by atoms with Gasteiger partial charge >= 0.3 is 0 Å². The fourth-order valence-electron chi connectivity index (χ4n) is 3.10. The van der Waals surface area contributed by atoms with E-state index in [9.17, 15) is 0 Å². The Labute approximate surface area is 128 Å². The third-order valence-corrected chi connectivity index (χ3v) is 6.04. The molecule has 1 aromatic carbocycles. The lowest BCUT2D eigenvalue weighted by atomic mass is 9.88. The van der Waals surface area contributed by atoms with E-state index in [2.05, 4.69) is 61.4 Å². The lowest BCUT2D eigenvalue weighted by Gasteiger charge is -2.36. The molecule has 1 aliphatic carbocycles. The highest BCUT2D eigenvalue weighted by Crippen LogP contribution is 2.37. The third-order valence-electron chi connectivity index (χ3n) is 4.62. The van der Waals surface area contributed by atoms with Gasteiger partial charge in [0.15, 0.2) is 0 Å². The van der Waals surface area contributed by atoms with Crippen LogP contribution in [0.3, 0.4) is 0 Å². The summed E-state index contributed by atoms with van der Waals surface area (Å²) in [4.78, 5) is 0. The molecule has 2 rings (SSSR count). The standard InChI is InChI=1S/C18H29NS/c1-15(2)17-9-7-16(8-10-17)13-19-14-18(20-3)11-5-4-6-12-18/h7-10,15,19H,4-6,11-14H2,1-3H3. The van der Waals surface area contributed by atoms with Crippen LogP contribution in [0.5, 0.6) is 0 Å². The molecule has 0 atom stereocenters. The summed E-state index contributed by atoms with van der Waals surface area (Å²) in [6.07, 6.45) is 9.29. The Morgan fingerprint density at radius 2 is 1.75 bits per heavy atom. The second-order valence-electron chi connectivity index (χ2n) is 6.45. The van der Waals surface area contributed by atoms with E-state index in [1.54, 1.807) is 0 Å². The smallest absolute Gasteiger partial charge is 0.0281 e. The van der Waals surface area contributed by atoms with Crippen LogP contribution >= 0.6 is 11.8 Å². The average Bonchev–Trinajstić information content (AvgIpc) is 2.49. The molecule has 0 heterocycles. The maximum Gasteiger partial charge on any atom is 0.0281 e. The Kier molecular flexibility index (Phi) is 5.98. The first-order valence-corrected chi connectivity index (χ1v) is 9.22. The number of benzene rings is 1. The molecule has 1 nitrogen and oxygen atoms in total. The van der Waals surface area contributed by atoms with Crippen LogP contribution in [-0.4, -0.2) is 17.5 Å². The van der Waals surface area contributed by atoms with Gasteiger partial charge in [0.05, 0.1) is 0 Å². The Morgan fingerprint density at radius 1 is 1.10 bits per heavy atom. The average molecular weight is 292 g/mol. The third kappa shape index (κ3) is 4.26. The highest BCUT2D eigenvalue weighted by Gasteiger charge is 2.30. The fraction of sp³-hybridized carbons (Fsp3) is 0.667. The van der Waals surface area contributed by atoms with Crippen LogP contribution < -0.4 is 5.32 Å². The van der Waals surface area contributed by atoms with Gasteiger partial charge in [-0.1, -0.05) is 57.4 Å². The molecule has 1 aliphatic rings. The normalized spacial score (nSPS) is 18.4. The summed E-state index contributed by atoms with van der Waals surface area (Å²) in [6.45, 7) is 6.65. The summed E-state index contributed by atoms with van der Waals surface area (Å²) >= 11 is 2.07. The van der Waals surface area contributed by atoms with Gasteiger partial charge in [0.25, 0.3) is 0 Å². The zero-order chi connectivity index (χ0) is 14.4. The number of hydrogen-bond donors (Lipinski definition) is 1. The van der Waals surface area contributed by atoms with Crippen LogP contribution in [-0.2, 0) is 6.54 Å². The van der Waals surface area contributed by atoms with Crippen molar-refractivity contribution in [1.82, 2.24) is 5.32 Å². The SMILES string of the molecule is CSC1(CNCc2ccc(C(C)C)cc2)CCCCC1. The highest BCUT2D eigenvalue weighted by molar-refractivity contribution is 8.00. The molecule has 0 radical (unpaired) electrons. The molecule has 0 amide bonds. The van der Waals surface area contributed by atoms with Crippen molar-refractivity contribution in [3.8, 4) is 0 Å². The van der Waals surface area contributed by atoms with Gasteiger partial charge in [0, 0.05) is 17.8 Å². The van der Waals surface area contributed by atoms with Gasteiger partial charge in [-0.2, -0.15) is 11.8 Å². The van der Waals surface area contributed by atoms with Crippen molar-refractivity contribution in [3.63, 3.8) is 0 Å². The predicted molar refractivity (Wildman–Crippen MR) is 91.6 cm³/mol. The minimum Gasteiger partial charge on any atom is -0.311 e. The van der Waals surface area contributed by atoms with E-state index in [0.717, 1.165) is 13.1 Å². The zero-order valence-corrected chi connectivity index (χ0v) is 14.1. The summed E-state index contributed by atoms with van der Waals surface area (Å²) in [5, 5.41) is 3.69. The van der Waals surface area contributed by atoms with Crippen molar-refractivity contribution < 1.29 is 0 Å². The van der Waals surface area contributed by atoms with Crippen LogP contribution in [0.4, 0.5) is 0 Å². The van der Waals surface area contributed by atoms with Gasteiger partial charge in [0.1, 0.15) is 0 Å². The Hall–Kier alpha value is -0.470. The number of nitrogens with one attached hydrogen (secondary N) is 1. The molecule has 1 saturated carbocycles. The van der Waals surface area contributed by atoms with Crippen LogP contribution in [0.1, 0.15) is 63.0 Å². The van der Waals surface area contributed by atoms with Crippen molar-refractivity contribution in [2.75, 3.05) is 12.8 Å². The van der Waals surface area contributed by atoms with E-state index in [0.29, 0.717) is 10.7 Å². The van der Waals surface area contributed by atoms with Crippen molar-refractivity contribution >= 4 is 11.8 Å². The molecule has 0 unspecified atom stereocenters. The molecule has 1 N–H and O–H groups in total. The molecule has 0 saturated heterocycles. The van der Waals surface area contributed by atoms with Gasteiger partial charge in [0.2, 0.25) is 0 Å². The molecule has 1 fully saturated rings. The summed E-state index contributed by atoms with van der Waals surface area (Å²) in [5.74, 6) is 0.624. The molecule has 1 aromatic rings. The van der Waals surface area contributed by atoms with Crippen LogP contribution in [0.25, 0.3) is 0 Å². The highest BCUT2D eigenvalue weighted by atomic mass is 32.2. The summed E-state index contributed by atoms with van der Waals surface area (Å²) in [6, 6.07) is 9.09. The predicted octanol–water partition coefficient (Wildman–Crippen LogP) is 4.97.